The number of halogens is 1. The fraction of sp³-hybridized carbons (Fsp3) is 0.143. The van der Waals surface area contributed by atoms with Crippen LogP contribution in [0.1, 0.15) is 17.2 Å². The monoisotopic (exact) mass is 451 g/mol. The SMILES string of the molecule is Cn1ncc2c(=O)n(CC(=O)NC(c3ccccc3)c3ccc(Br)cc3)cnc21. The Hall–Kier alpha value is -3.26. The second kappa shape index (κ2) is 8.00. The van der Waals surface area contributed by atoms with Crippen LogP contribution in [0.3, 0.4) is 0 Å². The lowest BCUT2D eigenvalue weighted by Gasteiger charge is -2.20. The summed E-state index contributed by atoms with van der Waals surface area (Å²) in [5.41, 5.74) is 2.10. The van der Waals surface area contributed by atoms with E-state index in [2.05, 4.69) is 31.3 Å². The fourth-order valence-corrected chi connectivity index (χ4v) is 3.46. The van der Waals surface area contributed by atoms with E-state index >= 15 is 0 Å². The number of hydrogen-bond donors (Lipinski definition) is 1. The maximum Gasteiger partial charge on any atom is 0.264 e. The van der Waals surface area contributed by atoms with Crippen molar-refractivity contribution in [3.05, 3.63) is 93.1 Å². The molecule has 0 saturated carbocycles. The number of aromatic nitrogens is 4. The molecular weight excluding hydrogens is 434 g/mol. The van der Waals surface area contributed by atoms with E-state index in [1.54, 1.807) is 7.05 Å². The summed E-state index contributed by atoms with van der Waals surface area (Å²) in [6, 6.07) is 17.2. The van der Waals surface area contributed by atoms with Crippen LogP contribution in [-0.4, -0.2) is 25.2 Å². The molecule has 1 N–H and O–H groups in total. The van der Waals surface area contributed by atoms with Crippen molar-refractivity contribution in [1.82, 2.24) is 24.6 Å². The van der Waals surface area contributed by atoms with Crippen molar-refractivity contribution in [2.45, 2.75) is 12.6 Å². The predicted octanol–water partition coefficient (Wildman–Crippen LogP) is 2.80. The van der Waals surface area contributed by atoms with E-state index in [1.807, 2.05) is 54.6 Å². The molecule has 0 spiro atoms. The molecule has 0 saturated heterocycles. The van der Waals surface area contributed by atoms with Gasteiger partial charge in [-0.15, -0.1) is 0 Å². The molecular formula is C21H18BrN5O2. The van der Waals surface area contributed by atoms with Gasteiger partial charge >= 0.3 is 0 Å². The Morgan fingerprint density at radius 1 is 1.10 bits per heavy atom. The topological polar surface area (TPSA) is 81.8 Å². The Morgan fingerprint density at radius 2 is 1.79 bits per heavy atom. The molecule has 146 valence electrons. The lowest BCUT2D eigenvalue weighted by Crippen LogP contribution is -2.35. The molecule has 2 aromatic carbocycles. The van der Waals surface area contributed by atoms with E-state index in [0.29, 0.717) is 11.0 Å². The summed E-state index contributed by atoms with van der Waals surface area (Å²) in [4.78, 5) is 29.7. The first-order valence-corrected chi connectivity index (χ1v) is 9.79. The number of aryl methyl sites for hydroxylation is 1. The van der Waals surface area contributed by atoms with E-state index < -0.39 is 0 Å². The fourth-order valence-electron chi connectivity index (χ4n) is 3.20. The Bertz CT molecular complexity index is 1220. The van der Waals surface area contributed by atoms with Crippen LogP contribution in [0.4, 0.5) is 0 Å². The van der Waals surface area contributed by atoms with Crippen LogP contribution in [0.25, 0.3) is 11.0 Å². The van der Waals surface area contributed by atoms with E-state index in [-0.39, 0.29) is 24.1 Å². The number of rotatable bonds is 5. The molecule has 7 nitrogen and oxygen atoms in total. The van der Waals surface area contributed by atoms with Crippen molar-refractivity contribution in [2.24, 2.45) is 7.05 Å². The molecule has 8 heteroatoms. The molecule has 0 aliphatic carbocycles. The summed E-state index contributed by atoms with van der Waals surface area (Å²) < 4.78 is 3.78. The number of nitrogens with one attached hydrogen (secondary N) is 1. The van der Waals surface area contributed by atoms with Crippen LogP contribution in [0.15, 0.2) is 76.4 Å². The van der Waals surface area contributed by atoms with Crippen LogP contribution < -0.4 is 10.9 Å². The third kappa shape index (κ3) is 3.97. The zero-order chi connectivity index (χ0) is 20.4. The first-order chi connectivity index (χ1) is 14.0. The quantitative estimate of drug-likeness (QED) is 0.505. The highest BCUT2D eigenvalue weighted by Gasteiger charge is 2.18. The van der Waals surface area contributed by atoms with Gasteiger partial charge in [0.25, 0.3) is 5.56 Å². The Morgan fingerprint density at radius 3 is 2.52 bits per heavy atom. The van der Waals surface area contributed by atoms with Crippen molar-refractivity contribution >= 4 is 32.9 Å². The molecule has 2 heterocycles. The molecule has 0 radical (unpaired) electrons. The van der Waals surface area contributed by atoms with Gasteiger partial charge in [0.1, 0.15) is 18.3 Å². The van der Waals surface area contributed by atoms with E-state index in [0.717, 1.165) is 15.6 Å². The Kier molecular flexibility index (Phi) is 5.26. The number of hydrogen-bond acceptors (Lipinski definition) is 4. The van der Waals surface area contributed by atoms with E-state index in [1.165, 1.54) is 21.8 Å². The van der Waals surface area contributed by atoms with Gasteiger partial charge in [-0.2, -0.15) is 5.10 Å². The van der Waals surface area contributed by atoms with Crippen LogP contribution in [0, 0.1) is 0 Å². The number of amides is 1. The minimum Gasteiger partial charge on any atom is -0.344 e. The maximum atomic E-state index is 12.8. The summed E-state index contributed by atoms with van der Waals surface area (Å²) in [7, 11) is 1.72. The van der Waals surface area contributed by atoms with Gasteiger partial charge in [-0.3, -0.25) is 18.8 Å². The Balaban J connectivity index is 1.61. The summed E-state index contributed by atoms with van der Waals surface area (Å²) in [5, 5.41) is 7.47. The molecule has 4 aromatic rings. The third-order valence-corrected chi connectivity index (χ3v) is 5.20. The number of carbonyl (C=O) groups is 1. The highest BCUT2D eigenvalue weighted by molar-refractivity contribution is 9.10. The number of nitrogens with zero attached hydrogens (tertiary/aromatic N) is 4. The Labute approximate surface area is 175 Å². The highest BCUT2D eigenvalue weighted by atomic mass is 79.9. The van der Waals surface area contributed by atoms with Crippen LogP contribution in [-0.2, 0) is 18.4 Å². The summed E-state index contributed by atoms with van der Waals surface area (Å²) in [6.07, 6.45) is 2.84. The first-order valence-electron chi connectivity index (χ1n) is 9.00. The summed E-state index contributed by atoms with van der Waals surface area (Å²) in [6.45, 7) is -0.128. The molecule has 2 aromatic heterocycles. The van der Waals surface area contributed by atoms with Crippen LogP contribution in [0.5, 0.6) is 0 Å². The van der Waals surface area contributed by atoms with Gasteiger partial charge < -0.3 is 5.32 Å². The zero-order valence-corrected chi connectivity index (χ0v) is 17.2. The first kappa shape index (κ1) is 19.1. The second-order valence-corrected chi connectivity index (χ2v) is 7.56. The molecule has 0 aliphatic rings. The van der Waals surface area contributed by atoms with Crippen molar-refractivity contribution in [1.29, 1.82) is 0 Å². The molecule has 4 rings (SSSR count). The van der Waals surface area contributed by atoms with E-state index in [9.17, 15) is 9.59 Å². The van der Waals surface area contributed by atoms with Crippen molar-refractivity contribution in [3.8, 4) is 0 Å². The smallest absolute Gasteiger partial charge is 0.264 e. The van der Waals surface area contributed by atoms with E-state index in [4.69, 9.17) is 0 Å². The molecule has 29 heavy (non-hydrogen) atoms. The van der Waals surface area contributed by atoms with Gasteiger partial charge in [-0.25, -0.2) is 4.98 Å². The van der Waals surface area contributed by atoms with Gasteiger partial charge in [0, 0.05) is 11.5 Å². The summed E-state index contributed by atoms with van der Waals surface area (Å²) in [5.74, 6) is -0.283. The van der Waals surface area contributed by atoms with Crippen LogP contribution in [0.2, 0.25) is 0 Å². The standard InChI is InChI=1S/C21H18BrN5O2/c1-26-20-17(11-24-26)21(29)27(13-23-20)12-18(28)25-19(14-5-3-2-4-6-14)15-7-9-16(22)10-8-15/h2-11,13,19H,12H2,1H3,(H,25,28). The van der Waals surface area contributed by atoms with Crippen molar-refractivity contribution in [3.63, 3.8) is 0 Å². The minimum atomic E-state index is -0.331. The number of benzene rings is 2. The average molecular weight is 452 g/mol. The highest BCUT2D eigenvalue weighted by Crippen LogP contribution is 2.23. The molecule has 1 atom stereocenters. The largest absolute Gasteiger partial charge is 0.344 e. The molecule has 1 amide bonds. The molecule has 0 aliphatic heterocycles. The van der Waals surface area contributed by atoms with Crippen molar-refractivity contribution in [2.75, 3.05) is 0 Å². The van der Waals surface area contributed by atoms with Gasteiger partial charge in [0.05, 0.1) is 12.2 Å². The lowest BCUT2D eigenvalue weighted by atomic mass is 9.99. The maximum absolute atomic E-state index is 12.8. The molecule has 0 bridgehead atoms. The molecule has 0 fully saturated rings. The number of fused-ring (bicyclic) bond motifs is 1. The second-order valence-electron chi connectivity index (χ2n) is 6.65. The minimum absolute atomic E-state index is 0.128. The zero-order valence-electron chi connectivity index (χ0n) is 15.6. The van der Waals surface area contributed by atoms with Crippen LogP contribution >= 0.6 is 15.9 Å². The third-order valence-electron chi connectivity index (χ3n) is 4.67. The average Bonchev–Trinajstić information content (AvgIpc) is 3.11. The molecule has 1 unspecified atom stereocenters. The number of carbonyl (C=O) groups excluding carboxylic acids is 1. The summed E-state index contributed by atoms with van der Waals surface area (Å²) >= 11 is 3.44. The van der Waals surface area contributed by atoms with Gasteiger partial charge in [-0.05, 0) is 23.3 Å². The van der Waals surface area contributed by atoms with Gasteiger partial charge in [0.15, 0.2) is 5.65 Å². The normalized spacial score (nSPS) is 12.1. The van der Waals surface area contributed by atoms with Crippen molar-refractivity contribution < 1.29 is 4.79 Å². The van der Waals surface area contributed by atoms with Gasteiger partial charge in [-0.1, -0.05) is 58.4 Å². The van der Waals surface area contributed by atoms with Gasteiger partial charge in [0.2, 0.25) is 5.91 Å². The lowest BCUT2D eigenvalue weighted by molar-refractivity contribution is -0.122. The predicted molar refractivity (Wildman–Crippen MR) is 113 cm³/mol.